The fraction of sp³-hybridized carbons (Fsp3) is 0.462. The zero-order valence-corrected chi connectivity index (χ0v) is 23.7. The van der Waals surface area contributed by atoms with Crippen LogP contribution in [0.1, 0.15) is 36.0 Å². The van der Waals surface area contributed by atoms with Gasteiger partial charge in [0.15, 0.2) is 5.82 Å². The highest BCUT2D eigenvalue weighted by Gasteiger charge is 2.59. The quantitative estimate of drug-likeness (QED) is 0.371. The van der Waals surface area contributed by atoms with Gasteiger partial charge in [0.1, 0.15) is 10.6 Å². The monoisotopic (exact) mass is 572 g/mol. The van der Waals surface area contributed by atoms with E-state index in [1.54, 1.807) is 24.3 Å². The molecule has 2 aliphatic rings. The molecule has 2 aromatic heterocycles. The number of hydrogen-bond acceptors (Lipinski definition) is 10. The molecule has 3 N–H and O–H groups in total. The van der Waals surface area contributed by atoms with E-state index in [1.165, 1.54) is 11.3 Å². The number of sulfone groups is 1. The van der Waals surface area contributed by atoms with Crippen molar-refractivity contribution in [3.8, 4) is 11.4 Å². The van der Waals surface area contributed by atoms with Crippen molar-refractivity contribution in [3.63, 3.8) is 0 Å². The maximum absolute atomic E-state index is 13.9. The maximum Gasteiger partial charge on any atom is 0.319 e. The molecule has 0 bridgehead atoms. The van der Waals surface area contributed by atoms with Gasteiger partial charge in [0.05, 0.1) is 37.3 Å². The van der Waals surface area contributed by atoms with Gasteiger partial charge in [0, 0.05) is 35.3 Å². The first-order chi connectivity index (χ1) is 18.6. The Morgan fingerprint density at radius 3 is 2.56 bits per heavy atom. The smallest absolute Gasteiger partial charge is 0.319 e. The van der Waals surface area contributed by atoms with Gasteiger partial charge in [0.2, 0.25) is 14.2 Å². The first-order valence-corrected chi connectivity index (χ1v) is 15.1. The topological polar surface area (TPSA) is 147 Å². The molecule has 208 valence electrons. The van der Waals surface area contributed by atoms with Gasteiger partial charge in [-0.2, -0.15) is 0 Å². The second-order valence-corrected chi connectivity index (χ2v) is 13.5. The molecule has 0 unspecified atom stereocenters. The Hall–Kier alpha value is -3.13. The molecule has 3 aromatic rings. The predicted octanol–water partition coefficient (Wildman–Crippen LogP) is 3.02. The Bertz CT molecular complexity index is 1450. The minimum atomic E-state index is -3.77. The summed E-state index contributed by atoms with van der Waals surface area (Å²) in [6.07, 6.45) is 0.931. The van der Waals surface area contributed by atoms with E-state index in [4.69, 9.17) is 19.8 Å². The molecule has 13 heteroatoms. The van der Waals surface area contributed by atoms with Gasteiger partial charge in [-0.1, -0.05) is 0 Å². The minimum Gasteiger partial charge on any atom is -0.395 e. The van der Waals surface area contributed by atoms with Crippen LogP contribution in [0.5, 0.6) is 0 Å². The first-order valence-electron chi connectivity index (χ1n) is 12.8. The van der Waals surface area contributed by atoms with E-state index in [2.05, 4.69) is 20.5 Å². The SMILES string of the molecule is Cc1nc(S(=O)(=O)C2(c3cc(N4CCOC[C@@H]4C)nc(-c4ccc(NC(=O)NCCO)cc4)n3)CC2)sc1C. The van der Waals surface area contributed by atoms with Gasteiger partial charge < -0.3 is 25.4 Å². The van der Waals surface area contributed by atoms with E-state index in [0.29, 0.717) is 61.2 Å². The van der Waals surface area contributed by atoms with Gasteiger partial charge >= 0.3 is 6.03 Å². The van der Waals surface area contributed by atoms with E-state index in [-0.39, 0.29) is 23.5 Å². The number of hydrogen-bond donors (Lipinski definition) is 3. The number of amides is 2. The lowest BCUT2D eigenvalue weighted by Gasteiger charge is -2.34. The number of nitrogens with one attached hydrogen (secondary N) is 2. The predicted molar refractivity (Wildman–Crippen MR) is 149 cm³/mol. The Kier molecular flexibility index (Phi) is 7.60. The molecule has 39 heavy (non-hydrogen) atoms. The van der Waals surface area contributed by atoms with Crippen LogP contribution in [0, 0.1) is 13.8 Å². The molecule has 2 amide bonds. The molecule has 1 aliphatic heterocycles. The Morgan fingerprint density at radius 1 is 1.21 bits per heavy atom. The Balaban J connectivity index is 1.54. The van der Waals surface area contributed by atoms with Crippen LogP contribution >= 0.6 is 11.3 Å². The van der Waals surface area contributed by atoms with Crippen molar-refractivity contribution in [3.05, 3.63) is 46.6 Å². The van der Waals surface area contributed by atoms with Crippen LogP contribution in [0.2, 0.25) is 0 Å². The Morgan fingerprint density at radius 2 is 1.95 bits per heavy atom. The number of carbonyl (C=O) groups is 1. The van der Waals surface area contributed by atoms with Gasteiger partial charge in [-0.3, -0.25) is 0 Å². The number of rotatable bonds is 8. The van der Waals surface area contributed by atoms with Crippen LogP contribution < -0.4 is 15.5 Å². The summed E-state index contributed by atoms with van der Waals surface area (Å²) in [5.41, 5.74) is 2.44. The lowest BCUT2D eigenvalue weighted by Crippen LogP contribution is -2.44. The fourth-order valence-corrected chi connectivity index (χ4v) is 8.10. The van der Waals surface area contributed by atoms with Gasteiger partial charge in [-0.05, 0) is 57.9 Å². The highest BCUT2D eigenvalue weighted by atomic mass is 32.2. The fourth-order valence-electron chi connectivity index (χ4n) is 4.56. The number of aromatic nitrogens is 3. The van der Waals surface area contributed by atoms with Crippen LogP contribution in [0.4, 0.5) is 16.3 Å². The number of aliphatic hydroxyl groups excluding tert-OH is 1. The molecule has 1 aromatic carbocycles. The highest BCUT2D eigenvalue weighted by Crippen LogP contribution is 2.55. The number of urea groups is 1. The van der Waals surface area contributed by atoms with E-state index in [9.17, 15) is 13.2 Å². The molecule has 2 fully saturated rings. The molecule has 1 saturated carbocycles. The van der Waals surface area contributed by atoms with Crippen LogP contribution in [0.3, 0.4) is 0 Å². The summed E-state index contributed by atoms with van der Waals surface area (Å²) < 4.78 is 32.4. The third-order valence-electron chi connectivity index (χ3n) is 7.10. The van der Waals surface area contributed by atoms with Crippen LogP contribution in [-0.4, -0.2) is 73.5 Å². The number of nitrogens with zero attached hydrogens (tertiary/aromatic N) is 4. The van der Waals surface area contributed by atoms with Crippen molar-refractivity contribution in [2.45, 2.75) is 48.7 Å². The number of ether oxygens (including phenoxy) is 1. The normalized spacial score (nSPS) is 18.6. The third kappa shape index (κ3) is 5.36. The van der Waals surface area contributed by atoms with Gasteiger partial charge in [0.25, 0.3) is 0 Å². The number of aryl methyl sites for hydroxylation is 2. The van der Waals surface area contributed by atoms with E-state index in [1.807, 2.05) is 26.8 Å². The second kappa shape index (κ2) is 10.8. The third-order valence-corrected chi connectivity index (χ3v) is 11.1. The number of carbonyl (C=O) groups excluding carboxylic acids is 1. The number of benzene rings is 1. The van der Waals surface area contributed by atoms with Crippen LogP contribution in [0.15, 0.2) is 34.7 Å². The van der Waals surface area contributed by atoms with Crippen LogP contribution in [0.25, 0.3) is 11.4 Å². The molecular formula is C26H32N6O5S2. The summed E-state index contributed by atoms with van der Waals surface area (Å²) in [7, 11) is -3.77. The maximum atomic E-state index is 13.9. The number of thiazole rings is 1. The lowest BCUT2D eigenvalue weighted by molar-refractivity contribution is 0.0985. The van der Waals surface area contributed by atoms with Crippen molar-refractivity contribution in [2.75, 3.05) is 43.1 Å². The molecule has 1 atom stereocenters. The molecule has 0 radical (unpaired) electrons. The summed E-state index contributed by atoms with van der Waals surface area (Å²) in [4.78, 5) is 29.0. The second-order valence-electron chi connectivity index (χ2n) is 9.85. The summed E-state index contributed by atoms with van der Waals surface area (Å²) in [6, 6.07) is 8.48. The van der Waals surface area contributed by atoms with Crippen molar-refractivity contribution < 1.29 is 23.1 Å². The standard InChI is InChI=1S/C26H32N6O5S2/c1-16-15-37-13-11-32(16)22-14-21(26(8-9-26)39(35,36)25-28-17(2)18(3)38-25)30-23(31-22)19-4-6-20(7-5-19)29-24(34)27-10-12-33/h4-7,14,16,33H,8-13,15H2,1-3H3,(H2,27,29,34)/t16-/m0/s1. The molecule has 11 nitrogen and oxygen atoms in total. The van der Waals surface area contributed by atoms with E-state index < -0.39 is 20.6 Å². The Labute approximate surface area is 231 Å². The van der Waals surface area contributed by atoms with E-state index >= 15 is 0 Å². The molecule has 3 heterocycles. The average Bonchev–Trinajstić information content (AvgIpc) is 3.68. The van der Waals surface area contributed by atoms with E-state index in [0.717, 1.165) is 10.6 Å². The molecule has 1 aliphatic carbocycles. The summed E-state index contributed by atoms with van der Waals surface area (Å²) in [6.45, 7) is 7.48. The van der Waals surface area contributed by atoms with Crippen molar-refractivity contribution in [2.24, 2.45) is 0 Å². The van der Waals surface area contributed by atoms with Gasteiger partial charge in [-0.25, -0.2) is 28.2 Å². The highest BCUT2D eigenvalue weighted by molar-refractivity contribution is 7.94. The van der Waals surface area contributed by atoms with Crippen LogP contribution in [-0.2, 0) is 19.3 Å². The summed E-state index contributed by atoms with van der Waals surface area (Å²) >= 11 is 1.20. The van der Waals surface area contributed by atoms with Gasteiger partial charge in [-0.15, -0.1) is 11.3 Å². The average molecular weight is 573 g/mol. The van der Waals surface area contributed by atoms with Crippen molar-refractivity contribution >= 4 is 38.7 Å². The summed E-state index contributed by atoms with van der Waals surface area (Å²) in [5.74, 6) is 1.06. The minimum absolute atomic E-state index is 0.0642. The molecule has 1 saturated heterocycles. The number of aliphatic hydroxyl groups is 1. The molecule has 0 spiro atoms. The van der Waals surface area contributed by atoms with Crippen molar-refractivity contribution in [1.29, 1.82) is 0 Å². The number of anilines is 2. The zero-order chi connectivity index (χ0) is 27.8. The zero-order valence-electron chi connectivity index (χ0n) is 22.1. The first kappa shape index (κ1) is 27.4. The number of morpholine rings is 1. The molecule has 5 rings (SSSR count). The van der Waals surface area contributed by atoms with Crippen molar-refractivity contribution in [1.82, 2.24) is 20.3 Å². The largest absolute Gasteiger partial charge is 0.395 e. The molecular weight excluding hydrogens is 540 g/mol. The summed E-state index contributed by atoms with van der Waals surface area (Å²) in [5, 5.41) is 14.1. The lowest BCUT2D eigenvalue weighted by atomic mass is 10.1.